The molecule has 0 bridgehead atoms. The normalized spacial score (nSPS) is 14.7. The van der Waals surface area contributed by atoms with Crippen LogP contribution in [-0.2, 0) is 11.3 Å². The second-order valence-corrected chi connectivity index (χ2v) is 7.97. The predicted molar refractivity (Wildman–Crippen MR) is 117 cm³/mol. The maximum absolute atomic E-state index is 13.3. The third kappa shape index (κ3) is 4.21. The van der Waals surface area contributed by atoms with Crippen molar-refractivity contribution >= 4 is 17.2 Å². The fourth-order valence-corrected chi connectivity index (χ4v) is 3.95. The number of fused-ring (bicyclic) bond motifs is 1. The number of nitrogens with zero attached hydrogens (tertiary/aromatic N) is 6. The summed E-state index contributed by atoms with van der Waals surface area (Å²) in [6, 6.07) is 12.9. The summed E-state index contributed by atoms with van der Waals surface area (Å²) in [6.45, 7) is 4.86. The maximum atomic E-state index is 13.3. The lowest BCUT2D eigenvalue weighted by molar-refractivity contribution is -0.127. The molecule has 1 saturated heterocycles. The summed E-state index contributed by atoms with van der Waals surface area (Å²) in [5.74, 6) is -0.670. The van der Waals surface area contributed by atoms with E-state index in [2.05, 4.69) is 27.0 Å². The average Bonchev–Trinajstić information content (AvgIpc) is 3.44. The summed E-state index contributed by atoms with van der Waals surface area (Å²) in [7, 11) is 0. The van der Waals surface area contributed by atoms with Crippen LogP contribution >= 0.6 is 0 Å². The summed E-state index contributed by atoms with van der Waals surface area (Å²) in [5.41, 5.74) is 2.60. The number of rotatable bonds is 7. The Morgan fingerprint density at radius 2 is 2.00 bits per heavy atom. The second-order valence-electron chi connectivity index (χ2n) is 7.97. The number of carbonyl (C=O) groups excluding carboxylic acids is 1. The highest BCUT2D eigenvalue weighted by molar-refractivity contribution is 5.95. The SMILES string of the molecule is CCN1CC(C(=O)N(Cc2cn3ccc(-c4nnc(C(F)F)o4)cc3n2)c2ccccc2)C1. The number of amides is 1. The van der Waals surface area contributed by atoms with Gasteiger partial charge in [-0.15, -0.1) is 10.2 Å². The molecule has 4 heterocycles. The Labute approximate surface area is 188 Å². The molecule has 8 nitrogen and oxygen atoms in total. The van der Waals surface area contributed by atoms with Crippen LogP contribution < -0.4 is 4.90 Å². The van der Waals surface area contributed by atoms with E-state index >= 15 is 0 Å². The van der Waals surface area contributed by atoms with Crippen LogP contribution in [0.5, 0.6) is 0 Å². The van der Waals surface area contributed by atoms with Crippen molar-refractivity contribution in [2.75, 3.05) is 24.5 Å². The molecular formula is C23H22F2N6O2. The zero-order valence-corrected chi connectivity index (χ0v) is 17.9. The molecular weight excluding hydrogens is 430 g/mol. The molecule has 1 fully saturated rings. The second kappa shape index (κ2) is 8.70. The van der Waals surface area contributed by atoms with Gasteiger partial charge >= 0.3 is 6.43 Å². The van der Waals surface area contributed by atoms with Gasteiger partial charge in [-0.2, -0.15) is 8.78 Å². The van der Waals surface area contributed by atoms with Crippen LogP contribution in [0.1, 0.15) is 24.9 Å². The summed E-state index contributed by atoms with van der Waals surface area (Å²) in [4.78, 5) is 21.9. The minimum atomic E-state index is -2.82. The monoisotopic (exact) mass is 452 g/mol. The molecule has 0 radical (unpaired) electrons. The largest absolute Gasteiger partial charge is 0.415 e. The number of imidazole rings is 1. The molecule has 1 amide bonds. The Balaban J connectivity index is 1.41. The van der Waals surface area contributed by atoms with Crippen molar-refractivity contribution in [1.82, 2.24) is 24.5 Å². The Bertz CT molecular complexity index is 1270. The number of carbonyl (C=O) groups is 1. The van der Waals surface area contributed by atoms with E-state index in [1.165, 1.54) is 0 Å². The fraction of sp³-hybridized carbons (Fsp3) is 0.304. The Morgan fingerprint density at radius 3 is 2.70 bits per heavy atom. The van der Waals surface area contributed by atoms with E-state index < -0.39 is 12.3 Å². The third-order valence-electron chi connectivity index (χ3n) is 5.79. The first kappa shape index (κ1) is 21.2. The van der Waals surface area contributed by atoms with Gasteiger partial charge in [-0.25, -0.2) is 4.98 Å². The lowest BCUT2D eigenvalue weighted by Gasteiger charge is -2.40. The number of hydrogen-bond donors (Lipinski definition) is 0. The number of hydrogen-bond acceptors (Lipinski definition) is 6. The highest BCUT2D eigenvalue weighted by atomic mass is 19.3. The van der Waals surface area contributed by atoms with Gasteiger partial charge in [0.2, 0.25) is 11.8 Å². The number of aromatic nitrogens is 4. The molecule has 0 aliphatic carbocycles. The van der Waals surface area contributed by atoms with Gasteiger partial charge < -0.3 is 18.6 Å². The third-order valence-corrected chi connectivity index (χ3v) is 5.79. The zero-order valence-electron chi connectivity index (χ0n) is 17.9. The highest BCUT2D eigenvalue weighted by Crippen LogP contribution is 2.26. The maximum Gasteiger partial charge on any atom is 0.314 e. The molecule has 5 rings (SSSR count). The number of likely N-dealkylation sites (tertiary alicyclic amines) is 1. The number of para-hydroxylation sites is 1. The molecule has 4 aromatic rings. The molecule has 0 saturated carbocycles. The highest BCUT2D eigenvalue weighted by Gasteiger charge is 2.35. The van der Waals surface area contributed by atoms with Crippen molar-refractivity contribution in [2.24, 2.45) is 5.92 Å². The number of alkyl halides is 2. The van der Waals surface area contributed by atoms with Crippen LogP contribution in [-0.4, -0.2) is 50.0 Å². The van der Waals surface area contributed by atoms with Crippen LogP contribution in [0.2, 0.25) is 0 Å². The van der Waals surface area contributed by atoms with E-state index in [4.69, 9.17) is 4.42 Å². The molecule has 10 heteroatoms. The molecule has 1 aromatic carbocycles. The van der Waals surface area contributed by atoms with Gasteiger partial charge in [0.25, 0.3) is 5.89 Å². The number of pyridine rings is 1. The van der Waals surface area contributed by atoms with Crippen molar-refractivity contribution in [3.63, 3.8) is 0 Å². The summed E-state index contributed by atoms with van der Waals surface area (Å²) < 4.78 is 32.4. The van der Waals surface area contributed by atoms with E-state index in [1.54, 1.807) is 27.6 Å². The molecule has 0 unspecified atom stereocenters. The summed E-state index contributed by atoms with van der Waals surface area (Å²) in [5, 5.41) is 7.06. The van der Waals surface area contributed by atoms with Crippen molar-refractivity contribution in [3.05, 3.63) is 66.4 Å². The zero-order chi connectivity index (χ0) is 22.9. The van der Waals surface area contributed by atoms with E-state index in [0.717, 1.165) is 25.3 Å². The van der Waals surface area contributed by atoms with Crippen LogP contribution in [0.25, 0.3) is 17.1 Å². The summed E-state index contributed by atoms with van der Waals surface area (Å²) in [6.07, 6.45) is 0.766. The minimum absolute atomic E-state index is 0.00361. The van der Waals surface area contributed by atoms with Gasteiger partial charge in [0.1, 0.15) is 5.65 Å². The van der Waals surface area contributed by atoms with E-state index in [1.807, 2.05) is 36.5 Å². The molecule has 33 heavy (non-hydrogen) atoms. The molecule has 170 valence electrons. The quantitative estimate of drug-likeness (QED) is 0.424. The lowest BCUT2D eigenvalue weighted by atomic mass is 9.98. The number of anilines is 1. The molecule has 3 aromatic heterocycles. The first-order valence-corrected chi connectivity index (χ1v) is 10.7. The van der Waals surface area contributed by atoms with Gasteiger partial charge in [-0.1, -0.05) is 25.1 Å². The Kier molecular flexibility index (Phi) is 5.59. The van der Waals surface area contributed by atoms with E-state index in [0.29, 0.717) is 23.4 Å². The van der Waals surface area contributed by atoms with Crippen molar-refractivity contribution in [3.8, 4) is 11.5 Å². The first-order valence-electron chi connectivity index (χ1n) is 10.7. The predicted octanol–water partition coefficient (Wildman–Crippen LogP) is 3.81. The molecule has 0 atom stereocenters. The molecule has 0 spiro atoms. The van der Waals surface area contributed by atoms with Crippen LogP contribution in [0.3, 0.4) is 0 Å². The molecule has 1 aliphatic heterocycles. The minimum Gasteiger partial charge on any atom is -0.415 e. The van der Waals surface area contributed by atoms with Crippen LogP contribution in [0.4, 0.5) is 14.5 Å². The van der Waals surface area contributed by atoms with Gasteiger partial charge in [0.15, 0.2) is 0 Å². The Hall–Kier alpha value is -3.66. The standard InChI is InChI=1S/C23H22F2N6O2/c1-2-29-11-16(12-29)23(32)31(18-6-4-3-5-7-18)14-17-13-30-9-8-15(10-19(30)26-17)21-27-28-22(33-21)20(24)25/h3-10,13,16,20H,2,11-12,14H2,1H3. The molecule has 0 N–H and O–H groups in total. The van der Waals surface area contributed by atoms with Crippen molar-refractivity contribution < 1.29 is 18.0 Å². The van der Waals surface area contributed by atoms with Crippen molar-refractivity contribution in [2.45, 2.75) is 19.9 Å². The fourth-order valence-electron chi connectivity index (χ4n) is 3.95. The van der Waals surface area contributed by atoms with E-state index in [-0.39, 0.29) is 17.7 Å². The number of halogens is 2. The van der Waals surface area contributed by atoms with Gasteiger partial charge in [-0.05, 0) is 30.8 Å². The lowest BCUT2D eigenvalue weighted by Crippen LogP contribution is -2.54. The Morgan fingerprint density at radius 1 is 1.21 bits per heavy atom. The number of benzene rings is 1. The smallest absolute Gasteiger partial charge is 0.314 e. The summed E-state index contributed by atoms with van der Waals surface area (Å²) >= 11 is 0. The van der Waals surface area contributed by atoms with Gasteiger partial charge in [-0.3, -0.25) is 4.79 Å². The molecule has 1 aliphatic rings. The van der Waals surface area contributed by atoms with Gasteiger partial charge in [0, 0.05) is 36.7 Å². The average molecular weight is 452 g/mol. The van der Waals surface area contributed by atoms with Crippen LogP contribution in [0.15, 0.2) is 59.3 Å². The van der Waals surface area contributed by atoms with Crippen LogP contribution in [0, 0.1) is 5.92 Å². The van der Waals surface area contributed by atoms with Gasteiger partial charge in [0.05, 0.1) is 18.2 Å². The topological polar surface area (TPSA) is 79.8 Å². The first-order chi connectivity index (χ1) is 16.0. The van der Waals surface area contributed by atoms with Crippen molar-refractivity contribution in [1.29, 1.82) is 0 Å². The van der Waals surface area contributed by atoms with E-state index in [9.17, 15) is 13.6 Å².